The van der Waals surface area contributed by atoms with Gasteiger partial charge in [0.15, 0.2) is 5.82 Å². The predicted molar refractivity (Wildman–Crippen MR) is 64.8 cm³/mol. The van der Waals surface area contributed by atoms with Crippen LogP contribution in [0.2, 0.25) is 0 Å². The van der Waals surface area contributed by atoms with Gasteiger partial charge in [-0.15, -0.1) is 0 Å². The molecule has 2 saturated carbocycles. The first-order valence-electron chi connectivity index (χ1n) is 6.99. The molecule has 4 nitrogen and oxygen atoms in total. The predicted octanol–water partition coefficient (Wildman–Crippen LogP) is 3.09. The number of nitrogens with two attached hydrogens (primary N) is 1. The Kier molecular flexibility index (Phi) is 3.08. The van der Waals surface area contributed by atoms with Gasteiger partial charge in [-0.1, -0.05) is 24.4 Å². The van der Waals surface area contributed by atoms with Gasteiger partial charge in [-0.05, 0) is 19.3 Å². The van der Waals surface area contributed by atoms with E-state index in [2.05, 4.69) is 10.1 Å². The molecule has 3 rings (SSSR count). The van der Waals surface area contributed by atoms with Gasteiger partial charge in [0, 0.05) is 18.8 Å². The third kappa shape index (κ3) is 2.50. The SMILES string of the molecule is NC1(c2noc(C3CCC(F)(F)C3)n2)CCCCC1. The quantitative estimate of drug-likeness (QED) is 0.897. The van der Waals surface area contributed by atoms with Crippen LogP contribution in [0.4, 0.5) is 8.78 Å². The van der Waals surface area contributed by atoms with Crippen molar-refractivity contribution in [1.29, 1.82) is 0 Å². The molecule has 1 aromatic heterocycles. The summed E-state index contributed by atoms with van der Waals surface area (Å²) >= 11 is 0. The van der Waals surface area contributed by atoms with E-state index < -0.39 is 11.5 Å². The van der Waals surface area contributed by atoms with E-state index in [0.29, 0.717) is 18.1 Å². The summed E-state index contributed by atoms with van der Waals surface area (Å²) in [6.07, 6.45) is 5.10. The van der Waals surface area contributed by atoms with Crippen molar-refractivity contribution in [3.05, 3.63) is 11.7 Å². The lowest BCUT2D eigenvalue weighted by molar-refractivity contribution is 0.00690. The molecule has 0 spiro atoms. The van der Waals surface area contributed by atoms with Gasteiger partial charge in [0.25, 0.3) is 0 Å². The van der Waals surface area contributed by atoms with Gasteiger partial charge in [0.1, 0.15) is 0 Å². The van der Waals surface area contributed by atoms with Crippen LogP contribution in [0.1, 0.15) is 69.0 Å². The van der Waals surface area contributed by atoms with Gasteiger partial charge >= 0.3 is 0 Å². The van der Waals surface area contributed by atoms with Gasteiger partial charge in [0.05, 0.1) is 5.54 Å². The van der Waals surface area contributed by atoms with Gasteiger partial charge in [-0.3, -0.25) is 0 Å². The fraction of sp³-hybridized carbons (Fsp3) is 0.846. The molecule has 19 heavy (non-hydrogen) atoms. The summed E-state index contributed by atoms with van der Waals surface area (Å²) in [5.41, 5.74) is 5.79. The van der Waals surface area contributed by atoms with Crippen LogP contribution in [-0.2, 0) is 5.54 Å². The molecule has 0 radical (unpaired) electrons. The molecule has 1 heterocycles. The zero-order valence-electron chi connectivity index (χ0n) is 10.9. The second-order valence-corrected chi connectivity index (χ2v) is 5.97. The van der Waals surface area contributed by atoms with E-state index in [-0.39, 0.29) is 18.8 Å². The zero-order valence-corrected chi connectivity index (χ0v) is 10.9. The summed E-state index contributed by atoms with van der Waals surface area (Å²) in [4.78, 5) is 4.32. The summed E-state index contributed by atoms with van der Waals surface area (Å²) in [6.45, 7) is 0. The van der Waals surface area contributed by atoms with Gasteiger partial charge < -0.3 is 10.3 Å². The summed E-state index contributed by atoms with van der Waals surface area (Å²) < 4.78 is 31.6. The van der Waals surface area contributed by atoms with Crippen LogP contribution in [0.5, 0.6) is 0 Å². The van der Waals surface area contributed by atoms with E-state index in [1.54, 1.807) is 0 Å². The standard InChI is InChI=1S/C13H19F2N3O/c14-13(15)7-4-9(8-13)10-17-11(18-19-10)12(16)5-2-1-3-6-12/h9H,1-8,16H2. The van der Waals surface area contributed by atoms with E-state index in [1.807, 2.05) is 0 Å². The van der Waals surface area contributed by atoms with Crippen LogP contribution < -0.4 is 5.73 Å². The van der Waals surface area contributed by atoms with Crippen molar-refractivity contribution in [1.82, 2.24) is 10.1 Å². The summed E-state index contributed by atoms with van der Waals surface area (Å²) in [7, 11) is 0. The second-order valence-electron chi connectivity index (χ2n) is 5.97. The highest BCUT2D eigenvalue weighted by Gasteiger charge is 2.43. The largest absolute Gasteiger partial charge is 0.339 e. The number of rotatable bonds is 2. The molecule has 2 aliphatic rings. The fourth-order valence-electron chi connectivity index (χ4n) is 3.17. The Morgan fingerprint density at radius 3 is 2.53 bits per heavy atom. The molecule has 2 aliphatic carbocycles. The molecular weight excluding hydrogens is 252 g/mol. The second kappa shape index (κ2) is 4.51. The van der Waals surface area contributed by atoms with Crippen LogP contribution in [-0.4, -0.2) is 16.1 Å². The molecule has 0 aliphatic heterocycles. The average molecular weight is 271 g/mol. The first-order chi connectivity index (χ1) is 8.99. The minimum atomic E-state index is -2.59. The van der Waals surface area contributed by atoms with Crippen LogP contribution >= 0.6 is 0 Å². The van der Waals surface area contributed by atoms with E-state index in [9.17, 15) is 8.78 Å². The minimum absolute atomic E-state index is 0.0941. The van der Waals surface area contributed by atoms with Gasteiger partial charge in [-0.25, -0.2) is 8.78 Å². The molecule has 6 heteroatoms. The Hall–Kier alpha value is -1.04. The average Bonchev–Trinajstić information content (AvgIpc) is 2.96. The number of hydrogen-bond acceptors (Lipinski definition) is 4. The molecule has 0 saturated heterocycles. The van der Waals surface area contributed by atoms with E-state index in [1.165, 1.54) is 6.42 Å². The summed E-state index contributed by atoms with van der Waals surface area (Å²) in [6, 6.07) is 0. The first-order valence-corrected chi connectivity index (χ1v) is 6.99. The number of alkyl halides is 2. The van der Waals surface area contributed by atoms with Crippen LogP contribution in [0.3, 0.4) is 0 Å². The lowest BCUT2D eigenvalue weighted by atomic mass is 9.82. The van der Waals surface area contributed by atoms with Crippen molar-refractivity contribution >= 4 is 0 Å². The maximum Gasteiger partial charge on any atom is 0.248 e. The topological polar surface area (TPSA) is 64.9 Å². The third-order valence-corrected chi connectivity index (χ3v) is 4.39. The molecule has 0 amide bonds. The lowest BCUT2D eigenvalue weighted by Crippen LogP contribution is -2.39. The van der Waals surface area contributed by atoms with Crippen LogP contribution in [0, 0.1) is 0 Å². The third-order valence-electron chi connectivity index (χ3n) is 4.39. The molecule has 2 N–H and O–H groups in total. The number of aromatic nitrogens is 2. The molecule has 1 aromatic rings. The molecule has 2 fully saturated rings. The molecular formula is C13H19F2N3O. The monoisotopic (exact) mass is 271 g/mol. The number of halogens is 2. The van der Waals surface area contributed by atoms with Gasteiger partial charge in [0.2, 0.25) is 11.8 Å². The van der Waals surface area contributed by atoms with Crippen molar-refractivity contribution in [2.75, 3.05) is 0 Å². The molecule has 0 aromatic carbocycles. The molecule has 1 atom stereocenters. The molecule has 1 unspecified atom stereocenters. The maximum absolute atomic E-state index is 13.2. The Bertz CT molecular complexity index is 454. The summed E-state index contributed by atoms with van der Waals surface area (Å²) in [5, 5.41) is 3.95. The smallest absolute Gasteiger partial charge is 0.248 e. The fourth-order valence-corrected chi connectivity index (χ4v) is 3.17. The highest BCUT2D eigenvalue weighted by atomic mass is 19.3. The zero-order chi connectivity index (χ0) is 13.5. The highest BCUT2D eigenvalue weighted by molar-refractivity contribution is 5.08. The van der Waals surface area contributed by atoms with Crippen molar-refractivity contribution in [3.8, 4) is 0 Å². The Balaban J connectivity index is 1.76. The Morgan fingerprint density at radius 2 is 1.89 bits per heavy atom. The molecule has 106 valence electrons. The van der Waals surface area contributed by atoms with Crippen LogP contribution in [0.15, 0.2) is 4.52 Å². The van der Waals surface area contributed by atoms with E-state index in [0.717, 1.165) is 25.7 Å². The lowest BCUT2D eigenvalue weighted by Gasteiger charge is -2.29. The highest BCUT2D eigenvalue weighted by Crippen LogP contribution is 2.44. The van der Waals surface area contributed by atoms with Crippen molar-refractivity contribution in [3.63, 3.8) is 0 Å². The number of hydrogen-bond donors (Lipinski definition) is 1. The Morgan fingerprint density at radius 1 is 1.16 bits per heavy atom. The van der Waals surface area contributed by atoms with Gasteiger partial charge in [-0.2, -0.15) is 4.98 Å². The normalized spacial score (nSPS) is 29.5. The van der Waals surface area contributed by atoms with E-state index >= 15 is 0 Å². The maximum atomic E-state index is 13.2. The summed E-state index contributed by atoms with van der Waals surface area (Å²) in [5.74, 6) is -2.08. The van der Waals surface area contributed by atoms with E-state index in [4.69, 9.17) is 10.3 Å². The first kappa shape index (κ1) is 13.0. The van der Waals surface area contributed by atoms with Crippen molar-refractivity contribution in [2.24, 2.45) is 5.73 Å². The number of nitrogens with zero attached hydrogens (tertiary/aromatic N) is 2. The van der Waals surface area contributed by atoms with Crippen molar-refractivity contribution in [2.45, 2.75) is 68.7 Å². The Labute approximate surface area is 110 Å². The van der Waals surface area contributed by atoms with Crippen molar-refractivity contribution < 1.29 is 13.3 Å². The molecule has 0 bridgehead atoms. The minimum Gasteiger partial charge on any atom is -0.339 e. The van der Waals surface area contributed by atoms with Crippen LogP contribution in [0.25, 0.3) is 0 Å².